The minimum atomic E-state index is -5.52. The zero-order valence-corrected chi connectivity index (χ0v) is 26.8. The molecule has 48 heavy (non-hydrogen) atoms. The van der Waals surface area contributed by atoms with Gasteiger partial charge in [-0.05, 0) is 6.42 Å². The average Bonchev–Trinajstić information content (AvgIpc) is 3.64. The number of aliphatic hydroxyl groups is 3. The van der Waals surface area contributed by atoms with Crippen molar-refractivity contribution in [2.45, 2.75) is 55.5 Å². The molecule has 2 unspecified atom stereocenters. The zero-order chi connectivity index (χ0) is 35.2. The third-order valence-corrected chi connectivity index (χ3v) is 10.2. The number of hydrogen-bond donors (Lipinski definition) is 9. The Bertz CT molecular complexity index is 1740. The van der Waals surface area contributed by atoms with Crippen molar-refractivity contribution < 1.29 is 80.7 Å². The van der Waals surface area contributed by atoms with E-state index in [2.05, 4.69) is 23.8 Å². The summed E-state index contributed by atoms with van der Waals surface area (Å²) in [6.45, 7) is -2.02. The van der Waals surface area contributed by atoms with Crippen LogP contribution in [0.1, 0.15) is 12.6 Å². The highest BCUT2D eigenvalue weighted by Gasteiger charge is 2.51. The Morgan fingerprint density at radius 2 is 1.56 bits per heavy atom. The lowest BCUT2D eigenvalue weighted by Crippen LogP contribution is -2.40. The molecule has 27 heteroatoms. The SMILES string of the molecule is NC(=O)C1=CN([C@H]2O[C@@H](COP(=O)(O)OP(=O)(O)OC[C@@H]3O[C@H](n4cnc5c(N)ncnc54)[C@@H](OP(=O)(O)O)[C@H]3O)[C@H](O)[C@@H]2O)C=CC1. The Kier molecular flexibility index (Phi) is 10.6. The van der Waals surface area contributed by atoms with Crippen molar-refractivity contribution in [2.75, 3.05) is 18.9 Å². The van der Waals surface area contributed by atoms with Gasteiger partial charge in [-0.1, -0.05) is 6.08 Å². The molecule has 0 aliphatic carbocycles. The lowest BCUT2D eigenvalue weighted by molar-refractivity contribution is -0.115. The van der Waals surface area contributed by atoms with E-state index >= 15 is 0 Å². The molecule has 0 spiro atoms. The fourth-order valence-corrected chi connectivity index (χ4v) is 7.57. The van der Waals surface area contributed by atoms with E-state index in [1.54, 1.807) is 0 Å². The Labute approximate surface area is 268 Å². The molecule has 24 nitrogen and oxygen atoms in total. The van der Waals surface area contributed by atoms with Crippen molar-refractivity contribution in [1.29, 1.82) is 0 Å². The van der Waals surface area contributed by atoms with Gasteiger partial charge in [-0.25, -0.2) is 28.6 Å². The number of nitrogens with two attached hydrogens (primary N) is 2. The number of anilines is 1. The molecule has 2 saturated heterocycles. The molecule has 5 heterocycles. The average molecular weight is 745 g/mol. The highest BCUT2D eigenvalue weighted by atomic mass is 31.3. The minimum Gasteiger partial charge on any atom is -0.387 e. The number of imidazole rings is 1. The van der Waals surface area contributed by atoms with Crippen molar-refractivity contribution in [3.63, 3.8) is 0 Å². The second-order valence-electron chi connectivity index (χ2n) is 10.4. The molecule has 5 rings (SSSR count). The third kappa shape index (κ3) is 8.17. The van der Waals surface area contributed by atoms with Gasteiger partial charge in [-0.2, -0.15) is 4.31 Å². The van der Waals surface area contributed by atoms with Crippen LogP contribution in [0.2, 0.25) is 0 Å². The largest absolute Gasteiger partial charge is 0.481 e. The van der Waals surface area contributed by atoms with Crippen LogP contribution in [-0.2, 0) is 45.8 Å². The summed E-state index contributed by atoms with van der Waals surface area (Å²) in [5.41, 5.74) is 11.3. The van der Waals surface area contributed by atoms with Crippen LogP contribution in [0, 0.1) is 0 Å². The van der Waals surface area contributed by atoms with Crippen molar-refractivity contribution >= 4 is 46.4 Å². The zero-order valence-electron chi connectivity index (χ0n) is 24.1. The summed E-state index contributed by atoms with van der Waals surface area (Å²) in [5, 5.41) is 31.5. The number of rotatable bonds is 13. The van der Waals surface area contributed by atoms with Crippen LogP contribution < -0.4 is 11.5 Å². The van der Waals surface area contributed by atoms with Gasteiger partial charge in [0.15, 0.2) is 23.9 Å². The number of ether oxygens (including phenoxy) is 2. The predicted octanol–water partition coefficient (Wildman–Crippen LogP) is -2.57. The minimum absolute atomic E-state index is 0.00424. The molecule has 3 aliphatic heterocycles. The van der Waals surface area contributed by atoms with Crippen LogP contribution in [-0.4, -0.2) is 121 Å². The monoisotopic (exact) mass is 745 g/mol. The van der Waals surface area contributed by atoms with E-state index in [-0.39, 0.29) is 29.0 Å². The van der Waals surface area contributed by atoms with Gasteiger partial charge in [0.25, 0.3) is 0 Å². The molecule has 3 aliphatic rings. The van der Waals surface area contributed by atoms with Crippen molar-refractivity contribution in [1.82, 2.24) is 24.4 Å². The summed E-state index contributed by atoms with van der Waals surface area (Å²) in [6.07, 6.45) is -6.47. The van der Waals surface area contributed by atoms with Gasteiger partial charge in [0.05, 0.1) is 19.5 Å². The number of allylic oxidation sites excluding steroid dienone is 1. The summed E-state index contributed by atoms with van der Waals surface area (Å²) >= 11 is 0. The van der Waals surface area contributed by atoms with Crippen LogP contribution in [0.5, 0.6) is 0 Å². The van der Waals surface area contributed by atoms with E-state index in [0.29, 0.717) is 0 Å². The number of phosphoric ester groups is 3. The van der Waals surface area contributed by atoms with Crippen molar-refractivity contribution in [3.05, 3.63) is 36.7 Å². The molecule has 11 N–H and O–H groups in total. The Balaban J connectivity index is 1.20. The summed E-state index contributed by atoms with van der Waals surface area (Å²) in [6, 6.07) is 0. The van der Waals surface area contributed by atoms with Crippen molar-refractivity contribution in [3.8, 4) is 0 Å². The molecule has 266 valence electrons. The predicted molar refractivity (Wildman–Crippen MR) is 153 cm³/mol. The van der Waals surface area contributed by atoms with Crippen molar-refractivity contribution in [2.24, 2.45) is 5.73 Å². The first-order valence-corrected chi connectivity index (χ1v) is 18.0. The maximum atomic E-state index is 12.6. The second kappa shape index (κ2) is 13.9. The fraction of sp³-hybridized carbons (Fsp3) is 0.524. The molecular formula is C21H30N7O17P3. The van der Waals surface area contributed by atoms with Gasteiger partial charge in [-0.3, -0.25) is 22.9 Å². The summed E-state index contributed by atoms with van der Waals surface area (Å²) in [5.74, 6) is -0.791. The van der Waals surface area contributed by atoms with Gasteiger partial charge in [0, 0.05) is 18.0 Å². The molecule has 2 aromatic rings. The van der Waals surface area contributed by atoms with E-state index in [1.165, 1.54) is 23.4 Å². The molecule has 0 saturated carbocycles. The smallest absolute Gasteiger partial charge is 0.387 e. The normalized spacial score (nSPS) is 31.9. The van der Waals surface area contributed by atoms with Crippen LogP contribution >= 0.6 is 23.5 Å². The van der Waals surface area contributed by atoms with E-state index < -0.39 is 91.7 Å². The van der Waals surface area contributed by atoms with E-state index in [9.17, 15) is 53.4 Å². The quantitative estimate of drug-likeness (QED) is 0.0951. The number of nitrogen functional groups attached to an aromatic ring is 1. The van der Waals surface area contributed by atoms with E-state index in [4.69, 9.17) is 30.0 Å². The Morgan fingerprint density at radius 1 is 0.938 bits per heavy atom. The Morgan fingerprint density at radius 3 is 2.19 bits per heavy atom. The Hall–Kier alpha value is -2.73. The first-order valence-electron chi connectivity index (χ1n) is 13.5. The molecule has 0 radical (unpaired) electrons. The second-order valence-corrected chi connectivity index (χ2v) is 14.6. The molecule has 2 aromatic heterocycles. The molecule has 0 bridgehead atoms. The number of fused-ring (bicyclic) bond motifs is 1. The maximum Gasteiger partial charge on any atom is 0.481 e. The molecule has 1 amide bonds. The van der Waals surface area contributed by atoms with Gasteiger partial charge in [-0.15, -0.1) is 0 Å². The lowest BCUT2D eigenvalue weighted by atomic mass is 10.1. The van der Waals surface area contributed by atoms with E-state index in [0.717, 1.165) is 17.2 Å². The molecule has 0 aromatic carbocycles. The standard InChI is InChI=1S/C21H30N7O17P3/c22-17-12-19(25-7-24-17)28(8-26-12)21-16(44-46(33,34)35)14(30)11(43-21)6-41-48(38,39)45-47(36,37)40-5-10-13(29)15(31)20(42-10)27-3-1-2-9(4-27)18(23)32/h1,3-4,7-8,10-11,13-16,20-21,29-31H,2,5-6H2,(H2,23,32)(H,36,37)(H,38,39)(H2,22,24,25)(H2,33,34,35)/t10-,11-,13-,14-,15-,16-,20-,21-/m0/s1. The number of aromatic nitrogens is 4. The highest BCUT2D eigenvalue weighted by Crippen LogP contribution is 2.61. The summed E-state index contributed by atoms with van der Waals surface area (Å²) in [4.78, 5) is 63.4. The number of amides is 1. The molecule has 2 fully saturated rings. The summed E-state index contributed by atoms with van der Waals surface area (Å²) in [7, 11) is -16.3. The van der Waals surface area contributed by atoms with Crippen LogP contribution in [0.25, 0.3) is 11.2 Å². The first-order chi connectivity index (χ1) is 22.4. The van der Waals surface area contributed by atoms with Crippen LogP contribution in [0.3, 0.4) is 0 Å². The van der Waals surface area contributed by atoms with Gasteiger partial charge in [0.1, 0.15) is 48.5 Å². The lowest BCUT2D eigenvalue weighted by Gasteiger charge is -2.28. The van der Waals surface area contributed by atoms with Gasteiger partial charge in [0.2, 0.25) is 5.91 Å². The number of aliphatic hydroxyl groups excluding tert-OH is 3. The third-order valence-electron chi connectivity index (χ3n) is 7.11. The molecule has 10 atom stereocenters. The number of carbonyl (C=O) groups is 1. The van der Waals surface area contributed by atoms with Crippen LogP contribution in [0.15, 0.2) is 36.7 Å². The number of phosphoric acid groups is 3. The van der Waals surface area contributed by atoms with Gasteiger partial charge >= 0.3 is 23.5 Å². The number of hydrogen-bond acceptors (Lipinski definition) is 18. The number of primary amides is 1. The topological polar surface area (TPSA) is 364 Å². The molecular weight excluding hydrogens is 715 g/mol. The van der Waals surface area contributed by atoms with Crippen LogP contribution in [0.4, 0.5) is 5.82 Å². The van der Waals surface area contributed by atoms with Gasteiger partial charge < -0.3 is 60.7 Å². The number of carbonyl (C=O) groups excluding carboxylic acids is 1. The maximum absolute atomic E-state index is 12.6. The highest BCUT2D eigenvalue weighted by molar-refractivity contribution is 7.61. The van der Waals surface area contributed by atoms with E-state index in [1.807, 2.05) is 0 Å². The number of nitrogens with zero attached hydrogens (tertiary/aromatic N) is 5. The first kappa shape index (κ1) is 36.5. The summed E-state index contributed by atoms with van der Waals surface area (Å²) < 4.78 is 67.2. The fourth-order valence-electron chi connectivity index (χ4n) is 4.93.